The molecule has 0 bridgehead atoms. The Balaban J connectivity index is 2.38. The number of aromatic nitrogens is 2. The Bertz CT molecular complexity index is 858. The van der Waals surface area contributed by atoms with E-state index in [1.807, 2.05) is 35.8 Å². The van der Waals surface area contributed by atoms with E-state index in [2.05, 4.69) is 27.0 Å². The maximum absolute atomic E-state index is 9.04. The Morgan fingerprint density at radius 1 is 1.30 bits per heavy atom. The molecule has 2 N–H and O–H groups in total. The van der Waals surface area contributed by atoms with Gasteiger partial charge in [-0.15, -0.1) is 0 Å². The van der Waals surface area contributed by atoms with Crippen molar-refractivity contribution >= 4 is 32.9 Å². The zero-order valence-corrected chi connectivity index (χ0v) is 12.3. The normalized spacial score (nSPS) is 10.7. The number of rotatable bonds is 1. The number of nitriles is 1. The molecule has 0 aliphatic heterocycles. The van der Waals surface area contributed by atoms with Gasteiger partial charge < -0.3 is 5.73 Å². The van der Waals surface area contributed by atoms with Gasteiger partial charge in [-0.05, 0) is 52.7 Å². The fourth-order valence-electron chi connectivity index (χ4n) is 2.22. The molecule has 20 heavy (non-hydrogen) atoms. The van der Waals surface area contributed by atoms with Crippen molar-refractivity contribution in [3.05, 3.63) is 52.0 Å². The van der Waals surface area contributed by atoms with Crippen LogP contribution in [0.5, 0.6) is 0 Å². The summed E-state index contributed by atoms with van der Waals surface area (Å²) in [5.74, 6) is 0.404. The number of imidazole rings is 1. The van der Waals surface area contributed by atoms with Crippen LogP contribution in [0.15, 0.2) is 40.9 Å². The van der Waals surface area contributed by atoms with Crippen LogP contribution in [-0.4, -0.2) is 9.55 Å². The van der Waals surface area contributed by atoms with Crippen molar-refractivity contribution in [1.29, 1.82) is 5.26 Å². The van der Waals surface area contributed by atoms with Gasteiger partial charge in [0.2, 0.25) is 5.95 Å². The first kappa shape index (κ1) is 12.7. The maximum Gasteiger partial charge on any atom is 0.205 e. The molecule has 98 valence electrons. The van der Waals surface area contributed by atoms with Crippen molar-refractivity contribution in [1.82, 2.24) is 9.55 Å². The summed E-state index contributed by atoms with van der Waals surface area (Å²) in [5, 5.41) is 9.04. The third-order valence-electron chi connectivity index (χ3n) is 3.22. The lowest BCUT2D eigenvalue weighted by Crippen LogP contribution is -2.02. The number of benzene rings is 2. The van der Waals surface area contributed by atoms with Crippen molar-refractivity contribution in [2.75, 3.05) is 5.73 Å². The summed E-state index contributed by atoms with van der Waals surface area (Å²) >= 11 is 3.59. The van der Waals surface area contributed by atoms with E-state index >= 15 is 0 Å². The van der Waals surface area contributed by atoms with Gasteiger partial charge in [0.15, 0.2) is 0 Å². The monoisotopic (exact) mass is 326 g/mol. The largest absolute Gasteiger partial charge is 0.369 e. The smallest absolute Gasteiger partial charge is 0.205 e. The van der Waals surface area contributed by atoms with Crippen LogP contribution in [0, 0.1) is 18.3 Å². The Labute approximate surface area is 124 Å². The highest BCUT2D eigenvalue weighted by atomic mass is 79.9. The van der Waals surface area contributed by atoms with E-state index in [0.29, 0.717) is 11.5 Å². The molecular weight excluding hydrogens is 316 g/mol. The minimum absolute atomic E-state index is 0.404. The molecule has 0 saturated heterocycles. The first-order valence-electron chi connectivity index (χ1n) is 6.05. The van der Waals surface area contributed by atoms with E-state index in [9.17, 15) is 0 Å². The predicted molar refractivity (Wildman–Crippen MR) is 82.6 cm³/mol. The molecule has 5 heteroatoms. The van der Waals surface area contributed by atoms with E-state index in [1.54, 1.807) is 12.1 Å². The molecule has 0 saturated carbocycles. The molecule has 4 nitrogen and oxygen atoms in total. The van der Waals surface area contributed by atoms with Gasteiger partial charge in [0.05, 0.1) is 28.4 Å². The fraction of sp³-hybridized carbons (Fsp3) is 0.0667. The molecule has 2 aromatic carbocycles. The third-order valence-corrected chi connectivity index (χ3v) is 4.25. The van der Waals surface area contributed by atoms with E-state index in [0.717, 1.165) is 26.8 Å². The van der Waals surface area contributed by atoms with Gasteiger partial charge in [-0.3, -0.25) is 4.57 Å². The lowest BCUT2D eigenvalue weighted by Gasteiger charge is -2.10. The summed E-state index contributed by atoms with van der Waals surface area (Å²) < 4.78 is 2.82. The molecule has 1 heterocycles. The molecule has 0 aliphatic rings. The molecule has 0 atom stereocenters. The van der Waals surface area contributed by atoms with E-state index in [-0.39, 0.29) is 0 Å². The number of aryl methyl sites for hydroxylation is 1. The van der Waals surface area contributed by atoms with Crippen molar-refractivity contribution in [2.24, 2.45) is 0 Å². The minimum atomic E-state index is 0.404. The Morgan fingerprint density at radius 2 is 2.10 bits per heavy atom. The molecule has 1 aromatic heterocycles. The number of nitrogen functional groups attached to an aromatic ring is 1. The highest BCUT2D eigenvalue weighted by molar-refractivity contribution is 9.10. The van der Waals surface area contributed by atoms with Crippen LogP contribution in [0.2, 0.25) is 0 Å². The lowest BCUT2D eigenvalue weighted by atomic mass is 10.2. The summed E-state index contributed by atoms with van der Waals surface area (Å²) in [5.41, 5.74) is 10.3. The highest BCUT2D eigenvalue weighted by Crippen LogP contribution is 2.30. The number of nitrogens with two attached hydrogens (primary N) is 1. The second-order valence-corrected chi connectivity index (χ2v) is 5.32. The first-order chi connectivity index (χ1) is 9.61. The average molecular weight is 327 g/mol. The van der Waals surface area contributed by atoms with Crippen LogP contribution in [0.3, 0.4) is 0 Å². The number of halogens is 1. The summed E-state index contributed by atoms with van der Waals surface area (Å²) in [6, 6.07) is 13.4. The molecule has 3 aromatic rings. The SMILES string of the molecule is Cc1cccc(-n2c(N)nc3ccc(C#N)cc32)c1Br. The van der Waals surface area contributed by atoms with Crippen LogP contribution < -0.4 is 5.73 Å². The Hall–Kier alpha value is -2.32. The zero-order valence-electron chi connectivity index (χ0n) is 10.8. The zero-order chi connectivity index (χ0) is 14.3. The standard InChI is InChI=1S/C15H11BrN4/c1-9-3-2-4-12(14(9)16)20-13-7-10(8-17)5-6-11(13)19-15(20)18/h2-7H,1H3,(H2,18,19). The van der Waals surface area contributed by atoms with Crippen LogP contribution in [-0.2, 0) is 0 Å². The third kappa shape index (κ3) is 1.86. The van der Waals surface area contributed by atoms with Crippen LogP contribution in [0.25, 0.3) is 16.7 Å². The molecule has 0 aliphatic carbocycles. The van der Waals surface area contributed by atoms with E-state index < -0.39 is 0 Å². The second kappa shape index (κ2) is 4.66. The Kier molecular flexibility index (Phi) is 2.96. The van der Waals surface area contributed by atoms with E-state index in [4.69, 9.17) is 11.0 Å². The predicted octanol–water partition coefficient (Wildman–Crippen LogP) is 3.55. The molecule has 0 unspecified atom stereocenters. The molecule has 0 spiro atoms. The average Bonchev–Trinajstić information content (AvgIpc) is 2.77. The first-order valence-corrected chi connectivity index (χ1v) is 6.84. The molecule has 0 radical (unpaired) electrons. The summed E-state index contributed by atoms with van der Waals surface area (Å²) in [6.45, 7) is 2.02. The number of hydrogen-bond donors (Lipinski definition) is 1. The number of fused-ring (bicyclic) bond motifs is 1. The van der Waals surface area contributed by atoms with Crippen molar-refractivity contribution in [3.8, 4) is 11.8 Å². The molecule has 0 fully saturated rings. The number of anilines is 1. The summed E-state index contributed by atoms with van der Waals surface area (Å²) in [4.78, 5) is 4.35. The van der Waals surface area contributed by atoms with Gasteiger partial charge in [0, 0.05) is 4.47 Å². The minimum Gasteiger partial charge on any atom is -0.369 e. The fourth-order valence-corrected chi connectivity index (χ4v) is 2.66. The maximum atomic E-state index is 9.04. The molecule has 0 amide bonds. The second-order valence-electron chi connectivity index (χ2n) is 4.53. The lowest BCUT2D eigenvalue weighted by molar-refractivity contribution is 1.09. The van der Waals surface area contributed by atoms with Gasteiger partial charge in [-0.2, -0.15) is 5.26 Å². The highest BCUT2D eigenvalue weighted by Gasteiger charge is 2.13. The van der Waals surface area contributed by atoms with Gasteiger partial charge in [-0.25, -0.2) is 4.98 Å². The molecule has 3 rings (SSSR count). The van der Waals surface area contributed by atoms with Crippen LogP contribution in [0.1, 0.15) is 11.1 Å². The van der Waals surface area contributed by atoms with Crippen LogP contribution in [0.4, 0.5) is 5.95 Å². The topological polar surface area (TPSA) is 67.6 Å². The quantitative estimate of drug-likeness (QED) is 0.743. The summed E-state index contributed by atoms with van der Waals surface area (Å²) in [7, 11) is 0. The van der Waals surface area contributed by atoms with Crippen LogP contribution >= 0.6 is 15.9 Å². The van der Waals surface area contributed by atoms with Gasteiger partial charge in [-0.1, -0.05) is 12.1 Å². The Morgan fingerprint density at radius 3 is 2.85 bits per heavy atom. The van der Waals surface area contributed by atoms with Crippen molar-refractivity contribution in [2.45, 2.75) is 6.92 Å². The van der Waals surface area contributed by atoms with E-state index in [1.165, 1.54) is 0 Å². The van der Waals surface area contributed by atoms with Gasteiger partial charge >= 0.3 is 0 Å². The van der Waals surface area contributed by atoms with Crippen molar-refractivity contribution in [3.63, 3.8) is 0 Å². The number of hydrogen-bond acceptors (Lipinski definition) is 3. The summed E-state index contributed by atoms with van der Waals surface area (Å²) in [6.07, 6.45) is 0. The van der Waals surface area contributed by atoms with Gasteiger partial charge in [0.1, 0.15) is 0 Å². The van der Waals surface area contributed by atoms with Gasteiger partial charge in [0.25, 0.3) is 0 Å². The molecular formula is C15H11BrN4. The van der Waals surface area contributed by atoms with Crippen molar-refractivity contribution < 1.29 is 0 Å². The number of nitrogens with zero attached hydrogens (tertiary/aromatic N) is 3.